The van der Waals surface area contributed by atoms with Crippen LogP contribution in [-0.4, -0.2) is 28.4 Å². The van der Waals surface area contributed by atoms with Gasteiger partial charge in [0.15, 0.2) is 0 Å². The smallest absolute Gasteiger partial charge is 0.118 e. The van der Waals surface area contributed by atoms with Crippen molar-refractivity contribution >= 4 is 44.8 Å². The van der Waals surface area contributed by atoms with Crippen LogP contribution in [0.4, 0.5) is 0 Å². The van der Waals surface area contributed by atoms with E-state index < -0.39 is 10.8 Å². The summed E-state index contributed by atoms with van der Waals surface area (Å²) in [7, 11) is 6.99. The van der Waals surface area contributed by atoms with Crippen molar-refractivity contribution in [2.24, 2.45) is 0 Å². The molecule has 0 N–H and O–H groups in total. The maximum atomic E-state index is 5.88. The van der Waals surface area contributed by atoms with E-state index in [0.29, 0.717) is 0 Å². The van der Waals surface area contributed by atoms with E-state index >= 15 is 0 Å². The summed E-state index contributed by atoms with van der Waals surface area (Å²) < 4.78 is 23.5. The Morgan fingerprint density at radius 2 is 0.485 bits per heavy atom. The van der Waals surface area contributed by atoms with E-state index in [-0.39, 0.29) is 10.8 Å². The second kappa shape index (κ2) is 34.5. The minimum Gasteiger partial charge on any atom is -0.497 e. The van der Waals surface area contributed by atoms with Crippen LogP contribution in [-0.2, 0) is 21.7 Å². The number of unbranched alkanes of at least 4 members (excludes halogenated alkanes) is 4. The molecule has 0 atom stereocenters. The van der Waals surface area contributed by atoms with Gasteiger partial charge in [0.05, 0.1) is 39.3 Å². The van der Waals surface area contributed by atoms with Crippen LogP contribution in [0.1, 0.15) is 205 Å². The van der Waals surface area contributed by atoms with Crippen LogP contribution in [0.15, 0.2) is 364 Å². The first-order chi connectivity index (χ1) is 64.0. The third-order valence-corrected chi connectivity index (χ3v) is 29.7. The van der Waals surface area contributed by atoms with Crippen molar-refractivity contribution in [3.8, 4) is 89.8 Å². The molecule has 0 radical (unpaired) electrons. The molecular formula is C126H110O4. The molecule has 0 aliphatic heterocycles. The number of methoxy groups -OCH3 is 4. The molecule has 0 bridgehead atoms. The summed E-state index contributed by atoms with van der Waals surface area (Å²) in [4.78, 5) is 0. The molecule has 638 valence electrons. The summed E-state index contributed by atoms with van der Waals surface area (Å²) >= 11 is 0. The summed E-state index contributed by atoms with van der Waals surface area (Å²) in [5.74, 6) is 3.27. The van der Waals surface area contributed by atoms with Crippen LogP contribution in [0.3, 0.4) is 0 Å². The van der Waals surface area contributed by atoms with E-state index in [1.165, 1.54) is 158 Å². The largest absolute Gasteiger partial charge is 0.497 e. The summed E-state index contributed by atoms with van der Waals surface area (Å²) in [5.41, 5.74) is 38.4. The quantitative estimate of drug-likeness (QED) is 0.0362. The lowest BCUT2D eigenvalue weighted by Crippen LogP contribution is -2.28. The molecule has 4 aliphatic carbocycles. The first-order valence-electron chi connectivity index (χ1n) is 47.2. The molecule has 4 aliphatic rings. The number of fused-ring (bicyclic) bond motifs is 14. The Morgan fingerprint density at radius 3 is 0.785 bits per heavy atom. The molecule has 0 heterocycles. The normalized spacial score (nSPS) is 14.2. The standard InChI is InChI=1S/C126H110O4/c1-9-13-73-123(74-14-10-2)113-37-25-21-29-99(113)103-69-41-83(79-117(103)123)77-111(89-51-71-105-101-31-23-27-39-115(101)125(119(105)81-89,91-53-61-95(127-5)62-54-91)92-55-63-96(128-6)64-56-92)85-43-47-87(48-44-85)121-107-33-17-19-35-109(107)122(110-36-20-18-34-108(110)121)88-49-45-86(46-50-88)112(78-84-42-70-104-100-30-22-26-38-114(100)124(75-15-11-3,76-16-12-4)118(104)80-84)90-52-72-106-102-32-24-28-40-116(102)126(120(106)82-90,93-57-65-97(129-7)66-58-93)94-59-67-98(130-8)68-60-94/h17-72,77-82H,9-16,73-76H2,1-8H3/b111-77-,112-78-. The molecule has 130 heavy (non-hydrogen) atoms. The number of ether oxygens (including phenoxy) is 4. The van der Waals surface area contributed by atoms with E-state index in [4.69, 9.17) is 18.9 Å². The van der Waals surface area contributed by atoms with Gasteiger partial charge in [-0.15, -0.1) is 0 Å². The minimum absolute atomic E-state index is 0.0787. The van der Waals surface area contributed by atoms with E-state index in [9.17, 15) is 0 Å². The molecular weight excluding hydrogens is 1580 g/mol. The Kier molecular flexibility index (Phi) is 22.0. The van der Waals surface area contributed by atoms with Crippen LogP contribution in [0.25, 0.3) is 112 Å². The van der Waals surface area contributed by atoms with E-state index in [0.717, 1.165) is 141 Å². The number of rotatable bonds is 28. The van der Waals surface area contributed by atoms with Gasteiger partial charge in [-0.3, -0.25) is 0 Å². The van der Waals surface area contributed by atoms with Crippen LogP contribution in [0, 0.1) is 0 Å². The van der Waals surface area contributed by atoms with E-state index in [2.05, 4.69) is 404 Å². The Morgan fingerprint density at radius 1 is 0.231 bits per heavy atom. The fraction of sp³-hybridized carbons (Fsp3) is 0.190. The van der Waals surface area contributed by atoms with Gasteiger partial charge in [-0.2, -0.15) is 0 Å². The molecule has 0 amide bonds. The first-order valence-corrected chi connectivity index (χ1v) is 47.2. The van der Waals surface area contributed by atoms with Crippen molar-refractivity contribution in [1.29, 1.82) is 0 Å². The highest BCUT2D eigenvalue weighted by atomic mass is 16.5. The second-order valence-electron chi connectivity index (χ2n) is 36.4. The highest BCUT2D eigenvalue weighted by Gasteiger charge is 2.50. The minimum atomic E-state index is -0.694. The van der Waals surface area contributed by atoms with Gasteiger partial charge in [-0.05, 0) is 298 Å². The molecule has 0 saturated heterocycles. The Labute approximate surface area is 767 Å². The average molecular weight is 1690 g/mol. The maximum absolute atomic E-state index is 5.88. The fourth-order valence-electron chi connectivity index (χ4n) is 23.6. The highest BCUT2D eigenvalue weighted by molar-refractivity contribution is 6.21. The molecule has 0 unspecified atom stereocenters. The summed E-state index contributed by atoms with van der Waals surface area (Å²) in [5, 5.41) is 4.81. The topological polar surface area (TPSA) is 36.9 Å². The van der Waals surface area contributed by atoms with Gasteiger partial charge >= 0.3 is 0 Å². The third kappa shape index (κ3) is 13.5. The van der Waals surface area contributed by atoms with Gasteiger partial charge in [0.25, 0.3) is 0 Å². The maximum Gasteiger partial charge on any atom is 0.118 e. The van der Waals surface area contributed by atoms with Gasteiger partial charge in [0.2, 0.25) is 0 Å². The lowest BCUT2D eigenvalue weighted by atomic mass is 9.67. The summed E-state index contributed by atoms with van der Waals surface area (Å²) in [6, 6.07) is 139. The van der Waals surface area contributed by atoms with Crippen molar-refractivity contribution in [3.63, 3.8) is 0 Å². The Hall–Kier alpha value is -14.1. The second-order valence-corrected chi connectivity index (χ2v) is 36.4. The van der Waals surface area contributed by atoms with Crippen molar-refractivity contribution in [2.45, 2.75) is 126 Å². The van der Waals surface area contributed by atoms with Gasteiger partial charge in [-0.25, -0.2) is 0 Å². The zero-order valence-electron chi connectivity index (χ0n) is 75.9. The molecule has 17 aromatic carbocycles. The third-order valence-electron chi connectivity index (χ3n) is 29.7. The van der Waals surface area contributed by atoms with Crippen LogP contribution >= 0.6 is 0 Å². The summed E-state index contributed by atoms with van der Waals surface area (Å²) in [6.45, 7) is 9.39. The predicted molar refractivity (Wildman–Crippen MR) is 543 cm³/mol. The molecule has 0 aromatic heterocycles. The van der Waals surface area contributed by atoms with Crippen molar-refractivity contribution in [1.82, 2.24) is 0 Å². The van der Waals surface area contributed by atoms with Crippen LogP contribution in [0.2, 0.25) is 0 Å². The number of hydrogen-bond acceptors (Lipinski definition) is 4. The van der Waals surface area contributed by atoms with Gasteiger partial charge < -0.3 is 18.9 Å². The molecule has 0 saturated carbocycles. The Balaban J connectivity index is 0.721. The molecule has 4 nitrogen and oxygen atoms in total. The zero-order valence-corrected chi connectivity index (χ0v) is 75.9. The number of hydrogen-bond donors (Lipinski definition) is 0. The van der Waals surface area contributed by atoms with Gasteiger partial charge in [0, 0.05) is 10.8 Å². The van der Waals surface area contributed by atoms with Crippen LogP contribution < -0.4 is 18.9 Å². The molecule has 0 spiro atoms. The lowest BCUT2D eigenvalue weighted by molar-refractivity contribution is 0.414. The fourth-order valence-corrected chi connectivity index (χ4v) is 23.6. The first kappa shape index (κ1) is 82.9. The van der Waals surface area contributed by atoms with Crippen LogP contribution in [0.5, 0.6) is 23.0 Å². The molecule has 21 rings (SSSR count). The predicted octanol–water partition coefficient (Wildman–Crippen LogP) is 32.6. The molecule has 4 heteroatoms. The Bertz CT molecular complexity index is 6620. The van der Waals surface area contributed by atoms with Crippen molar-refractivity contribution < 1.29 is 18.9 Å². The zero-order chi connectivity index (χ0) is 88.2. The lowest BCUT2D eigenvalue weighted by Gasteiger charge is -2.34. The van der Waals surface area contributed by atoms with Crippen molar-refractivity contribution in [2.75, 3.05) is 28.4 Å². The highest BCUT2D eigenvalue weighted by Crippen LogP contribution is 2.62. The van der Waals surface area contributed by atoms with E-state index in [1.807, 2.05) is 0 Å². The SMILES string of the molecule is CCCCC1(CCCC)c2ccccc2-c2ccc(/C=C(/c3ccc(-c4c5ccccc5c(-c5ccc(/C(=C/c6ccc7c(c6)C(CCCC)(CCCC)c6ccccc6-7)c6ccc7c(c6)C(c6ccc(OC)cc6)(c6ccc(OC)cc6)c6ccccc6-7)cc5)c5ccccc45)cc3)c3ccc4c(c3)C(c3ccc(OC)cc3)(c3ccc(OC)cc3)c3ccccc3-4)cc21. The monoisotopic (exact) mass is 1690 g/mol. The van der Waals surface area contributed by atoms with Gasteiger partial charge in [0.1, 0.15) is 23.0 Å². The van der Waals surface area contributed by atoms with E-state index in [1.54, 1.807) is 28.4 Å². The molecule has 17 aromatic rings. The average Bonchev–Trinajstić information content (AvgIpc) is 1.53. The molecule has 0 fully saturated rings. The van der Waals surface area contributed by atoms with Crippen molar-refractivity contribution in [3.05, 3.63) is 464 Å². The summed E-state index contributed by atoms with van der Waals surface area (Å²) in [6.07, 6.45) is 18.7. The van der Waals surface area contributed by atoms with Gasteiger partial charge in [-0.1, -0.05) is 382 Å². The number of benzene rings is 17.